The maximum atomic E-state index is 5.37. The van der Waals surface area contributed by atoms with Gasteiger partial charge in [-0.3, -0.25) is 0 Å². The van der Waals surface area contributed by atoms with Gasteiger partial charge in [0.2, 0.25) is 5.95 Å². The summed E-state index contributed by atoms with van der Waals surface area (Å²) in [5.41, 5.74) is 0. The van der Waals surface area contributed by atoms with Crippen LogP contribution in [-0.2, 0) is 4.74 Å². The highest BCUT2D eigenvalue weighted by atomic mass is 16.5. The van der Waals surface area contributed by atoms with Crippen molar-refractivity contribution in [3.05, 3.63) is 6.20 Å². The predicted octanol–water partition coefficient (Wildman–Crippen LogP) is 0.944. The van der Waals surface area contributed by atoms with Gasteiger partial charge in [-0.2, -0.15) is 10.1 Å². The maximum absolute atomic E-state index is 5.37. The lowest BCUT2D eigenvalue weighted by Gasteiger charge is -2.32. The molecule has 0 saturated carbocycles. The standard InChI is InChI=1S/C13H21N5O/c1-11-3-2-4-18(10-11)13-15-12(9-14-16-13)17-5-7-19-8-6-17/h9,11H,2-8,10H2,1H3. The molecule has 2 aliphatic rings. The van der Waals surface area contributed by atoms with E-state index in [2.05, 4.69) is 31.9 Å². The first-order valence-corrected chi connectivity index (χ1v) is 7.10. The second kappa shape index (κ2) is 5.69. The van der Waals surface area contributed by atoms with Crippen LogP contribution in [0.4, 0.5) is 11.8 Å². The van der Waals surface area contributed by atoms with Crippen molar-refractivity contribution in [2.24, 2.45) is 5.92 Å². The summed E-state index contributed by atoms with van der Waals surface area (Å²) in [4.78, 5) is 9.15. The van der Waals surface area contributed by atoms with E-state index in [4.69, 9.17) is 4.74 Å². The first-order chi connectivity index (χ1) is 9.33. The molecule has 2 aliphatic heterocycles. The van der Waals surface area contributed by atoms with Gasteiger partial charge in [0.05, 0.1) is 19.4 Å². The third kappa shape index (κ3) is 2.94. The van der Waals surface area contributed by atoms with Crippen molar-refractivity contribution in [2.45, 2.75) is 19.8 Å². The Morgan fingerprint density at radius 3 is 2.84 bits per heavy atom. The van der Waals surface area contributed by atoms with Gasteiger partial charge in [-0.25, -0.2) is 0 Å². The normalized spacial score (nSPS) is 24.6. The molecule has 6 heteroatoms. The monoisotopic (exact) mass is 263 g/mol. The molecule has 1 unspecified atom stereocenters. The molecule has 2 fully saturated rings. The lowest BCUT2D eigenvalue weighted by Crippen LogP contribution is -2.38. The Balaban J connectivity index is 1.75. The van der Waals surface area contributed by atoms with Crippen molar-refractivity contribution in [3.8, 4) is 0 Å². The summed E-state index contributed by atoms with van der Waals surface area (Å²) in [6, 6.07) is 0. The van der Waals surface area contributed by atoms with Crippen LogP contribution in [0.25, 0.3) is 0 Å². The van der Waals surface area contributed by atoms with E-state index in [1.807, 2.05) is 0 Å². The van der Waals surface area contributed by atoms with Gasteiger partial charge in [0.15, 0.2) is 5.82 Å². The van der Waals surface area contributed by atoms with Gasteiger partial charge in [-0.1, -0.05) is 6.92 Å². The van der Waals surface area contributed by atoms with Crippen LogP contribution in [0, 0.1) is 5.92 Å². The summed E-state index contributed by atoms with van der Waals surface area (Å²) in [7, 11) is 0. The van der Waals surface area contributed by atoms with Gasteiger partial charge in [0.1, 0.15) is 0 Å². The molecule has 1 aromatic rings. The maximum Gasteiger partial charge on any atom is 0.247 e. The van der Waals surface area contributed by atoms with Crippen LogP contribution in [0.1, 0.15) is 19.8 Å². The van der Waals surface area contributed by atoms with Crippen molar-refractivity contribution in [1.82, 2.24) is 15.2 Å². The van der Waals surface area contributed by atoms with E-state index < -0.39 is 0 Å². The number of nitrogens with zero attached hydrogens (tertiary/aromatic N) is 5. The van der Waals surface area contributed by atoms with Crippen LogP contribution in [0.2, 0.25) is 0 Å². The fourth-order valence-corrected chi connectivity index (χ4v) is 2.74. The Hall–Kier alpha value is -1.43. The molecule has 0 radical (unpaired) electrons. The molecule has 2 saturated heterocycles. The lowest BCUT2D eigenvalue weighted by atomic mass is 10.0. The minimum atomic E-state index is 0.712. The summed E-state index contributed by atoms with van der Waals surface area (Å²) >= 11 is 0. The van der Waals surface area contributed by atoms with Crippen molar-refractivity contribution in [1.29, 1.82) is 0 Å². The topological polar surface area (TPSA) is 54.4 Å². The largest absolute Gasteiger partial charge is 0.378 e. The van der Waals surface area contributed by atoms with Crippen LogP contribution in [-0.4, -0.2) is 54.6 Å². The smallest absolute Gasteiger partial charge is 0.247 e. The zero-order chi connectivity index (χ0) is 13.1. The molecule has 1 aromatic heterocycles. The van der Waals surface area contributed by atoms with Gasteiger partial charge in [-0.15, -0.1) is 5.10 Å². The van der Waals surface area contributed by atoms with E-state index in [9.17, 15) is 0 Å². The summed E-state index contributed by atoms with van der Waals surface area (Å²) in [5, 5.41) is 8.32. The SMILES string of the molecule is CC1CCCN(c2nncc(N3CCOCC3)n2)C1. The summed E-state index contributed by atoms with van der Waals surface area (Å²) in [6.45, 7) is 7.65. The van der Waals surface area contributed by atoms with E-state index in [-0.39, 0.29) is 0 Å². The first-order valence-electron chi connectivity index (χ1n) is 7.10. The fourth-order valence-electron chi connectivity index (χ4n) is 2.74. The highest BCUT2D eigenvalue weighted by Gasteiger charge is 2.20. The summed E-state index contributed by atoms with van der Waals surface area (Å²) in [6.07, 6.45) is 4.27. The molecule has 6 nitrogen and oxygen atoms in total. The second-order valence-corrected chi connectivity index (χ2v) is 5.41. The number of ether oxygens (including phenoxy) is 1. The minimum Gasteiger partial charge on any atom is -0.378 e. The van der Waals surface area contributed by atoms with E-state index in [1.54, 1.807) is 6.20 Å². The van der Waals surface area contributed by atoms with Gasteiger partial charge in [0.25, 0.3) is 0 Å². The summed E-state index contributed by atoms with van der Waals surface area (Å²) < 4.78 is 5.37. The zero-order valence-electron chi connectivity index (χ0n) is 11.5. The molecule has 1 atom stereocenters. The number of hydrogen-bond acceptors (Lipinski definition) is 6. The third-order valence-corrected chi connectivity index (χ3v) is 3.81. The van der Waals surface area contributed by atoms with Gasteiger partial charge >= 0.3 is 0 Å². The van der Waals surface area contributed by atoms with E-state index >= 15 is 0 Å². The number of aromatic nitrogens is 3. The Morgan fingerprint density at radius 1 is 1.21 bits per heavy atom. The van der Waals surface area contributed by atoms with Crippen molar-refractivity contribution >= 4 is 11.8 Å². The molecular formula is C13H21N5O. The number of piperidine rings is 1. The molecule has 0 N–H and O–H groups in total. The van der Waals surface area contributed by atoms with E-state index in [0.29, 0.717) is 5.92 Å². The Bertz CT molecular complexity index is 421. The second-order valence-electron chi connectivity index (χ2n) is 5.41. The first kappa shape index (κ1) is 12.6. The molecule has 0 aromatic carbocycles. The highest BCUT2D eigenvalue weighted by Crippen LogP contribution is 2.21. The van der Waals surface area contributed by atoms with Crippen LogP contribution < -0.4 is 9.80 Å². The minimum absolute atomic E-state index is 0.712. The molecule has 0 amide bonds. The Labute approximate surface area is 113 Å². The zero-order valence-corrected chi connectivity index (χ0v) is 11.5. The van der Waals surface area contributed by atoms with Crippen LogP contribution in [0.15, 0.2) is 6.20 Å². The number of rotatable bonds is 2. The lowest BCUT2D eigenvalue weighted by molar-refractivity contribution is 0.122. The Morgan fingerprint density at radius 2 is 2.05 bits per heavy atom. The fraction of sp³-hybridized carbons (Fsp3) is 0.769. The van der Waals surface area contributed by atoms with Crippen LogP contribution in [0.5, 0.6) is 0 Å². The van der Waals surface area contributed by atoms with Gasteiger partial charge in [-0.05, 0) is 18.8 Å². The number of hydrogen-bond donors (Lipinski definition) is 0. The van der Waals surface area contributed by atoms with E-state index in [1.165, 1.54) is 12.8 Å². The predicted molar refractivity (Wildman–Crippen MR) is 73.5 cm³/mol. The van der Waals surface area contributed by atoms with Crippen LogP contribution >= 0.6 is 0 Å². The molecule has 3 heterocycles. The molecular weight excluding hydrogens is 242 g/mol. The third-order valence-electron chi connectivity index (χ3n) is 3.81. The Kier molecular flexibility index (Phi) is 3.77. The van der Waals surface area contributed by atoms with Gasteiger partial charge in [0, 0.05) is 26.2 Å². The molecule has 0 bridgehead atoms. The molecule has 104 valence electrons. The van der Waals surface area contributed by atoms with Crippen molar-refractivity contribution in [3.63, 3.8) is 0 Å². The van der Waals surface area contributed by atoms with Crippen molar-refractivity contribution in [2.75, 3.05) is 49.2 Å². The highest BCUT2D eigenvalue weighted by molar-refractivity contribution is 5.42. The molecule has 0 spiro atoms. The van der Waals surface area contributed by atoms with Gasteiger partial charge < -0.3 is 14.5 Å². The van der Waals surface area contributed by atoms with Crippen molar-refractivity contribution < 1.29 is 4.74 Å². The average molecular weight is 263 g/mol. The molecule has 3 rings (SSSR count). The quantitative estimate of drug-likeness (QED) is 0.791. The number of anilines is 2. The molecule has 0 aliphatic carbocycles. The van der Waals surface area contributed by atoms with Crippen LogP contribution in [0.3, 0.4) is 0 Å². The molecule has 19 heavy (non-hydrogen) atoms. The average Bonchev–Trinajstić information content (AvgIpc) is 2.48. The number of morpholine rings is 1. The van der Waals surface area contributed by atoms with E-state index in [0.717, 1.165) is 51.2 Å². The summed E-state index contributed by atoms with van der Waals surface area (Å²) in [5.74, 6) is 2.41.